The molecule has 1 fully saturated rings. The van der Waals surface area contributed by atoms with Crippen molar-refractivity contribution in [3.63, 3.8) is 0 Å². The van der Waals surface area contributed by atoms with E-state index in [2.05, 4.69) is 5.32 Å². The minimum atomic E-state index is -0.854. The number of carbonyl (C=O) groups excluding carboxylic acids is 2. The van der Waals surface area contributed by atoms with E-state index in [0.717, 1.165) is 12.8 Å². The number of nitrogens with zero attached hydrogens (tertiary/aromatic N) is 2. The SMILES string of the molecule is CC(NC(=O)c1ccc(Cl)cc1)C(=O)N1CCCC(N(C)CC(=O)O)CC1. The molecule has 7 nitrogen and oxygen atoms in total. The summed E-state index contributed by atoms with van der Waals surface area (Å²) in [5.41, 5.74) is 0.449. The summed E-state index contributed by atoms with van der Waals surface area (Å²) in [4.78, 5) is 39.4. The van der Waals surface area contributed by atoms with E-state index in [-0.39, 0.29) is 24.4 Å². The first-order valence-corrected chi connectivity index (χ1v) is 9.43. The van der Waals surface area contributed by atoms with E-state index in [9.17, 15) is 14.4 Å². The van der Waals surface area contributed by atoms with Crippen LogP contribution in [0.2, 0.25) is 5.02 Å². The van der Waals surface area contributed by atoms with E-state index in [1.54, 1.807) is 43.1 Å². The molecule has 2 rings (SSSR count). The third-order valence-electron chi connectivity index (χ3n) is 4.84. The molecule has 148 valence electrons. The maximum Gasteiger partial charge on any atom is 0.317 e. The van der Waals surface area contributed by atoms with Crippen molar-refractivity contribution in [3.05, 3.63) is 34.9 Å². The Labute approximate surface area is 164 Å². The fourth-order valence-corrected chi connectivity index (χ4v) is 3.43. The smallest absolute Gasteiger partial charge is 0.317 e. The van der Waals surface area contributed by atoms with Gasteiger partial charge < -0.3 is 15.3 Å². The van der Waals surface area contributed by atoms with Gasteiger partial charge in [0.15, 0.2) is 0 Å². The molecule has 0 spiro atoms. The van der Waals surface area contributed by atoms with Gasteiger partial charge in [-0.05, 0) is 57.5 Å². The van der Waals surface area contributed by atoms with Crippen LogP contribution in [-0.4, -0.2) is 71.5 Å². The van der Waals surface area contributed by atoms with Crippen molar-refractivity contribution >= 4 is 29.4 Å². The summed E-state index contributed by atoms with van der Waals surface area (Å²) in [7, 11) is 1.80. The molecule has 2 amide bonds. The van der Waals surface area contributed by atoms with Gasteiger partial charge >= 0.3 is 5.97 Å². The van der Waals surface area contributed by atoms with Crippen molar-refractivity contribution < 1.29 is 19.5 Å². The average Bonchev–Trinajstić information content (AvgIpc) is 2.87. The Morgan fingerprint density at radius 2 is 1.93 bits per heavy atom. The van der Waals surface area contributed by atoms with E-state index < -0.39 is 12.0 Å². The van der Waals surface area contributed by atoms with Crippen LogP contribution in [0, 0.1) is 0 Å². The molecule has 1 aromatic carbocycles. The highest BCUT2D eigenvalue weighted by molar-refractivity contribution is 6.30. The van der Waals surface area contributed by atoms with Crippen LogP contribution in [0.25, 0.3) is 0 Å². The summed E-state index contributed by atoms with van der Waals surface area (Å²) in [5.74, 6) is -1.30. The second-order valence-corrected chi connectivity index (χ2v) is 7.36. The Hall–Kier alpha value is -2.12. The minimum absolute atomic E-state index is 0.00777. The van der Waals surface area contributed by atoms with Gasteiger partial charge in [-0.25, -0.2) is 0 Å². The number of carboxylic acid groups (broad SMARTS) is 1. The number of rotatable bonds is 6. The lowest BCUT2D eigenvalue weighted by Gasteiger charge is -2.27. The lowest BCUT2D eigenvalue weighted by atomic mass is 10.1. The van der Waals surface area contributed by atoms with Crippen molar-refractivity contribution in [3.8, 4) is 0 Å². The zero-order valence-electron chi connectivity index (χ0n) is 15.7. The van der Waals surface area contributed by atoms with Gasteiger partial charge in [-0.15, -0.1) is 0 Å². The topological polar surface area (TPSA) is 90.0 Å². The van der Waals surface area contributed by atoms with Gasteiger partial charge in [0.05, 0.1) is 6.54 Å². The Morgan fingerprint density at radius 1 is 1.26 bits per heavy atom. The van der Waals surface area contributed by atoms with Gasteiger partial charge in [-0.2, -0.15) is 0 Å². The molecule has 0 radical (unpaired) electrons. The molecule has 1 aliphatic heterocycles. The summed E-state index contributed by atoms with van der Waals surface area (Å²) < 4.78 is 0. The molecular formula is C19H26ClN3O4. The zero-order valence-corrected chi connectivity index (χ0v) is 16.4. The van der Waals surface area contributed by atoms with Crippen LogP contribution in [0.4, 0.5) is 0 Å². The first-order chi connectivity index (χ1) is 12.8. The normalized spacial score (nSPS) is 18.7. The van der Waals surface area contributed by atoms with Crippen LogP contribution in [0.3, 0.4) is 0 Å². The summed E-state index contributed by atoms with van der Waals surface area (Å²) in [5, 5.41) is 12.2. The molecule has 1 aliphatic rings. The Balaban J connectivity index is 1.89. The van der Waals surface area contributed by atoms with Crippen molar-refractivity contribution in [2.45, 2.75) is 38.3 Å². The van der Waals surface area contributed by atoms with Gasteiger partial charge in [-0.1, -0.05) is 11.6 Å². The molecule has 2 atom stereocenters. The number of carboxylic acids is 1. The second kappa shape index (κ2) is 9.71. The quantitative estimate of drug-likeness (QED) is 0.767. The first kappa shape index (κ1) is 21.2. The first-order valence-electron chi connectivity index (χ1n) is 9.05. The molecule has 1 heterocycles. The molecule has 0 saturated carbocycles. The summed E-state index contributed by atoms with van der Waals surface area (Å²) in [6.07, 6.45) is 2.37. The van der Waals surface area contributed by atoms with Crippen LogP contribution in [0.5, 0.6) is 0 Å². The lowest BCUT2D eigenvalue weighted by Crippen LogP contribution is -2.47. The number of hydrogen-bond donors (Lipinski definition) is 2. The average molecular weight is 396 g/mol. The van der Waals surface area contributed by atoms with E-state index in [1.807, 2.05) is 4.90 Å². The van der Waals surface area contributed by atoms with Crippen molar-refractivity contribution in [2.24, 2.45) is 0 Å². The molecular weight excluding hydrogens is 370 g/mol. The number of nitrogens with one attached hydrogen (secondary N) is 1. The van der Waals surface area contributed by atoms with Crippen LogP contribution in [-0.2, 0) is 9.59 Å². The van der Waals surface area contributed by atoms with Gasteiger partial charge in [0.1, 0.15) is 6.04 Å². The molecule has 1 saturated heterocycles. The maximum atomic E-state index is 12.7. The Morgan fingerprint density at radius 3 is 2.56 bits per heavy atom. The molecule has 0 aromatic heterocycles. The highest BCUT2D eigenvalue weighted by Crippen LogP contribution is 2.17. The number of benzene rings is 1. The molecule has 1 aromatic rings. The third kappa shape index (κ3) is 6.22. The van der Waals surface area contributed by atoms with E-state index in [0.29, 0.717) is 30.1 Å². The number of likely N-dealkylation sites (N-methyl/N-ethyl adjacent to an activating group) is 1. The van der Waals surface area contributed by atoms with Crippen LogP contribution >= 0.6 is 11.6 Å². The molecule has 2 N–H and O–H groups in total. The van der Waals surface area contributed by atoms with Gasteiger partial charge in [0.25, 0.3) is 5.91 Å². The standard InChI is InChI=1S/C19H26ClN3O4/c1-13(21-18(26)14-5-7-15(20)8-6-14)19(27)23-10-3-4-16(9-11-23)22(2)12-17(24)25/h5-8,13,16H,3-4,9-12H2,1-2H3,(H,21,26)(H,24,25). The summed E-state index contributed by atoms with van der Waals surface area (Å²) in [6, 6.07) is 5.99. The van der Waals surface area contributed by atoms with E-state index in [1.165, 1.54) is 0 Å². The minimum Gasteiger partial charge on any atom is -0.480 e. The molecule has 8 heteroatoms. The molecule has 0 aliphatic carbocycles. The van der Waals surface area contributed by atoms with Crippen molar-refractivity contribution in [1.29, 1.82) is 0 Å². The predicted molar refractivity (Wildman–Crippen MR) is 103 cm³/mol. The van der Waals surface area contributed by atoms with Crippen molar-refractivity contribution in [2.75, 3.05) is 26.7 Å². The van der Waals surface area contributed by atoms with Gasteiger partial charge in [-0.3, -0.25) is 19.3 Å². The van der Waals surface area contributed by atoms with Crippen molar-refractivity contribution in [1.82, 2.24) is 15.1 Å². The van der Waals surface area contributed by atoms with Gasteiger partial charge in [0.2, 0.25) is 5.91 Å². The molecule has 27 heavy (non-hydrogen) atoms. The largest absolute Gasteiger partial charge is 0.480 e. The van der Waals surface area contributed by atoms with Crippen LogP contribution in [0.1, 0.15) is 36.5 Å². The van der Waals surface area contributed by atoms with E-state index >= 15 is 0 Å². The highest BCUT2D eigenvalue weighted by Gasteiger charge is 2.27. The maximum absolute atomic E-state index is 12.7. The number of hydrogen-bond acceptors (Lipinski definition) is 4. The Bertz CT molecular complexity index is 680. The molecule has 0 bridgehead atoms. The Kier molecular flexibility index (Phi) is 7.62. The summed E-state index contributed by atoms with van der Waals surface area (Å²) in [6.45, 7) is 2.83. The van der Waals surface area contributed by atoms with E-state index in [4.69, 9.17) is 16.7 Å². The number of aliphatic carboxylic acids is 1. The lowest BCUT2D eigenvalue weighted by molar-refractivity contribution is -0.138. The number of carbonyl (C=O) groups is 3. The second-order valence-electron chi connectivity index (χ2n) is 6.92. The molecule has 2 unspecified atom stereocenters. The fourth-order valence-electron chi connectivity index (χ4n) is 3.30. The number of halogens is 1. The monoisotopic (exact) mass is 395 g/mol. The number of amides is 2. The predicted octanol–water partition coefficient (Wildman–Crippen LogP) is 1.86. The highest BCUT2D eigenvalue weighted by atomic mass is 35.5. The van der Waals surface area contributed by atoms with Crippen LogP contribution in [0.15, 0.2) is 24.3 Å². The van der Waals surface area contributed by atoms with Gasteiger partial charge in [0, 0.05) is 29.7 Å². The summed E-state index contributed by atoms with van der Waals surface area (Å²) >= 11 is 5.82. The van der Waals surface area contributed by atoms with Crippen LogP contribution < -0.4 is 5.32 Å². The zero-order chi connectivity index (χ0) is 20.0. The number of likely N-dealkylation sites (tertiary alicyclic amines) is 1. The fraction of sp³-hybridized carbons (Fsp3) is 0.526. The third-order valence-corrected chi connectivity index (χ3v) is 5.09.